The summed E-state index contributed by atoms with van der Waals surface area (Å²) in [5, 5.41) is 2.38. The molecule has 0 saturated carbocycles. The van der Waals surface area contributed by atoms with Crippen molar-refractivity contribution in [2.45, 2.75) is 6.54 Å². The number of hydrogen-bond donors (Lipinski definition) is 1. The molecule has 0 fully saturated rings. The average Bonchev–Trinajstić information content (AvgIpc) is 3.33. The first-order chi connectivity index (χ1) is 14.6. The summed E-state index contributed by atoms with van der Waals surface area (Å²) in [6.45, 7) is 0.606. The number of aromatic nitrogens is 3. The third-order valence-corrected chi connectivity index (χ3v) is 5.59. The Hall–Kier alpha value is -3.08. The maximum Gasteiger partial charge on any atom is 0.123 e. The summed E-state index contributed by atoms with van der Waals surface area (Å²) in [6, 6.07) is 20.0. The smallest absolute Gasteiger partial charge is 0.123 e. The molecule has 2 aromatic heterocycles. The van der Waals surface area contributed by atoms with E-state index in [1.54, 1.807) is 12.4 Å². The molecule has 2 heterocycles. The van der Waals surface area contributed by atoms with Crippen LogP contribution in [-0.4, -0.2) is 14.5 Å². The van der Waals surface area contributed by atoms with Crippen molar-refractivity contribution in [1.82, 2.24) is 14.5 Å². The minimum Gasteiger partial charge on any atom is -0.360 e. The van der Waals surface area contributed by atoms with E-state index in [1.165, 1.54) is 12.1 Å². The van der Waals surface area contributed by atoms with Crippen molar-refractivity contribution in [1.29, 1.82) is 0 Å². The van der Waals surface area contributed by atoms with Crippen LogP contribution in [0.2, 0.25) is 10.0 Å². The van der Waals surface area contributed by atoms with E-state index >= 15 is 0 Å². The molecule has 0 spiro atoms. The standard InChI is InChI=1S/C24H16Cl2FN3/c25-17-6-4-15(5-7-17)13-30-14-29-23(16-2-1-3-19(27)10-16)24(30)21-12-28-22-11-18(26)8-9-20(21)22/h1-12,14,28H,13H2. The summed E-state index contributed by atoms with van der Waals surface area (Å²) in [4.78, 5) is 7.94. The highest BCUT2D eigenvalue weighted by molar-refractivity contribution is 6.31. The van der Waals surface area contributed by atoms with Gasteiger partial charge in [-0.1, -0.05) is 53.5 Å². The number of H-pyrrole nitrogens is 1. The van der Waals surface area contributed by atoms with Gasteiger partial charge in [-0.15, -0.1) is 0 Å². The molecule has 3 nitrogen and oxygen atoms in total. The molecule has 0 saturated heterocycles. The molecule has 0 bridgehead atoms. The Balaban J connectivity index is 1.70. The van der Waals surface area contributed by atoms with Crippen LogP contribution in [-0.2, 0) is 6.54 Å². The summed E-state index contributed by atoms with van der Waals surface area (Å²) in [7, 11) is 0. The number of rotatable bonds is 4. The molecule has 0 atom stereocenters. The minimum absolute atomic E-state index is 0.295. The fourth-order valence-electron chi connectivity index (χ4n) is 3.71. The van der Waals surface area contributed by atoms with Gasteiger partial charge in [0.1, 0.15) is 5.82 Å². The SMILES string of the molecule is Fc1cccc(-c2ncn(Cc3ccc(Cl)cc3)c2-c2c[nH]c3cc(Cl)ccc23)c1. The second-order valence-electron chi connectivity index (χ2n) is 7.10. The number of nitrogens with zero attached hydrogens (tertiary/aromatic N) is 2. The van der Waals surface area contributed by atoms with Crippen LogP contribution in [0.1, 0.15) is 5.56 Å². The van der Waals surface area contributed by atoms with E-state index in [1.807, 2.05) is 54.7 Å². The first kappa shape index (κ1) is 18.9. The number of fused-ring (bicyclic) bond motifs is 1. The van der Waals surface area contributed by atoms with Crippen molar-refractivity contribution >= 4 is 34.1 Å². The number of halogens is 3. The van der Waals surface area contributed by atoms with Crippen molar-refractivity contribution in [2.75, 3.05) is 0 Å². The maximum absolute atomic E-state index is 13.9. The molecule has 0 unspecified atom stereocenters. The summed E-state index contributed by atoms with van der Waals surface area (Å²) in [5.41, 5.74) is 5.35. The normalized spacial score (nSPS) is 11.3. The molecule has 0 radical (unpaired) electrons. The van der Waals surface area contributed by atoms with Gasteiger partial charge in [-0.2, -0.15) is 0 Å². The molecule has 0 aliphatic heterocycles. The van der Waals surface area contributed by atoms with Gasteiger partial charge in [-0.25, -0.2) is 9.37 Å². The predicted molar refractivity (Wildman–Crippen MR) is 120 cm³/mol. The third-order valence-electron chi connectivity index (χ3n) is 5.10. The molecule has 5 aromatic rings. The van der Waals surface area contributed by atoms with Gasteiger partial charge in [0.05, 0.1) is 17.7 Å². The van der Waals surface area contributed by atoms with E-state index < -0.39 is 0 Å². The second kappa shape index (κ2) is 7.63. The van der Waals surface area contributed by atoms with Gasteiger partial charge < -0.3 is 9.55 Å². The van der Waals surface area contributed by atoms with Crippen molar-refractivity contribution in [3.63, 3.8) is 0 Å². The lowest BCUT2D eigenvalue weighted by Gasteiger charge is -2.11. The van der Waals surface area contributed by atoms with E-state index in [9.17, 15) is 4.39 Å². The minimum atomic E-state index is -0.295. The van der Waals surface area contributed by atoms with E-state index in [0.29, 0.717) is 16.6 Å². The van der Waals surface area contributed by atoms with Crippen LogP contribution < -0.4 is 0 Å². The highest BCUT2D eigenvalue weighted by atomic mass is 35.5. The molecular weight excluding hydrogens is 420 g/mol. The molecule has 1 N–H and O–H groups in total. The number of hydrogen-bond acceptors (Lipinski definition) is 1. The average molecular weight is 436 g/mol. The van der Waals surface area contributed by atoms with Crippen LogP contribution >= 0.6 is 23.2 Å². The van der Waals surface area contributed by atoms with Gasteiger partial charge in [0.25, 0.3) is 0 Å². The zero-order chi connectivity index (χ0) is 20.7. The van der Waals surface area contributed by atoms with Crippen molar-refractivity contribution < 1.29 is 4.39 Å². The van der Waals surface area contributed by atoms with Crippen LogP contribution in [0.3, 0.4) is 0 Å². The molecular formula is C24H16Cl2FN3. The fraction of sp³-hybridized carbons (Fsp3) is 0.0417. The van der Waals surface area contributed by atoms with Gasteiger partial charge in [0.15, 0.2) is 0 Å². The lowest BCUT2D eigenvalue weighted by Crippen LogP contribution is -2.01. The summed E-state index contributed by atoms with van der Waals surface area (Å²) >= 11 is 12.2. The quantitative estimate of drug-likeness (QED) is 0.318. The largest absolute Gasteiger partial charge is 0.360 e. The van der Waals surface area contributed by atoms with Crippen molar-refractivity contribution in [3.05, 3.63) is 101 Å². The summed E-state index contributed by atoms with van der Waals surface area (Å²) in [6.07, 6.45) is 3.73. The molecule has 148 valence electrons. The second-order valence-corrected chi connectivity index (χ2v) is 7.97. The molecule has 5 rings (SSSR count). The van der Waals surface area contributed by atoms with Gasteiger partial charge in [-0.3, -0.25) is 0 Å². The van der Waals surface area contributed by atoms with Gasteiger partial charge in [-0.05, 0) is 42.0 Å². The molecule has 0 aliphatic rings. The number of aromatic amines is 1. The Morgan fingerprint density at radius 1 is 0.933 bits per heavy atom. The van der Waals surface area contributed by atoms with Crippen LogP contribution in [0.15, 0.2) is 79.3 Å². The van der Waals surface area contributed by atoms with Crippen LogP contribution in [0.4, 0.5) is 4.39 Å². The van der Waals surface area contributed by atoms with Crippen molar-refractivity contribution in [2.24, 2.45) is 0 Å². The Labute approximate surface area is 182 Å². The number of nitrogens with one attached hydrogen (secondary N) is 1. The first-order valence-electron chi connectivity index (χ1n) is 9.41. The molecule has 3 aromatic carbocycles. The van der Waals surface area contributed by atoms with Crippen LogP contribution in [0.25, 0.3) is 33.4 Å². The Kier molecular flexibility index (Phi) is 4.81. The fourth-order valence-corrected chi connectivity index (χ4v) is 4.01. The zero-order valence-electron chi connectivity index (χ0n) is 15.7. The third kappa shape index (κ3) is 3.49. The summed E-state index contributed by atoms with van der Waals surface area (Å²) in [5.74, 6) is -0.295. The lowest BCUT2D eigenvalue weighted by atomic mass is 10.0. The van der Waals surface area contributed by atoms with E-state index in [4.69, 9.17) is 23.2 Å². The zero-order valence-corrected chi connectivity index (χ0v) is 17.3. The molecule has 6 heteroatoms. The monoisotopic (exact) mass is 435 g/mol. The Bertz CT molecular complexity index is 1350. The van der Waals surface area contributed by atoms with E-state index in [2.05, 4.69) is 14.5 Å². The Morgan fingerprint density at radius 2 is 1.73 bits per heavy atom. The topological polar surface area (TPSA) is 33.6 Å². The van der Waals surface area contributed by atoms with Crippen LogP contribution in [0, 0.1) is 5.82 Å². The molecule has 0 aliphatic carbocycles. The van der Waals surface area contributed by atoms with E-state index in [0.717, 1.165) is 39.0 Å². The maximum atomic E-state index is 13.9. The Morgan fingerprint density at radius 3 is 2.53 bits per heavy atom. The lowest BCUT2D eigenvalue weighted by molar-refractivity contribution is 0.628. The van der Waals surface area contributed by atoms with Crippen molar-refractivity contribution in [3.8, 4) is 22.5 Å². The van der Waals surface area contributed by atoms with Gasteiger partial charge in [0, 0.05) is 44.8 Å². The first-order valence-corrected chi connectivity index (χ1v) is 10.2. The molecule has 30 heavy (non-hydrogen) atoms. The van der Waals surface area contributed by atoms with Gasteiger partial charge in [0.2, 0.25) is 0 Å². The number of benzene rings is 3. The summed E-state index contributed by atoms with van der Waals surface area (Å²) < 4.78 is 16.0. The number of imidazole rings is 1. The van der Waals surface area contributed by atoms with Crippen LogP contribution in [0.5, 0.6) is 0 Å². The highest BCUT2D eigenvalue weighted by Crippen LogP contribution is 2.37. The molecule has 0 amide bonds. The predicted octanol–water partition coefficient (Wildman–Crippen LogP) is 7.19. The highest BCUT2D eigenvalue weighted by Gasteiger charge is 2.19. The van der Waals surface area contributed by atoms with E-state index in [-0.39, 0.29) is 5.82 Å². The van der Waals surface area contributed by atoms with Gasteiger partial charge >= 0.3 is 0 Å².